The van der Waals surface area contributed by atoms with Gasteiger partial charge in [0, 0.05) is 12.6 Å². The lowest BCUT2D eigenvalue weighted by molar-refractivity contribution is 0.0704. The largest absolute Gasteiger partial charge is 0.398 e. The first kappa shape index (κ1) is 10.9. The van der Waals surface area contributed by atoms with Gasteiger partial charge in [-0.3, -0.25) is 4.79 Å². The maximum atomic E-state index is 12.4. The van der Waals surface area contributed by atoms with Gasteiger partial charge < -0.3 is 10.6 Å². The number of anilines is 1. The van der Waals surface area contributed by atoms with Gasteiger partial charge in [0.15, 0.2) is 0 Å². The minimum atomic E-state index is 0.0366. The molecule has 2 unspecified atom stereocenters. The van der Waals surface area contributed by atoms with Crippen molar-refractivity contribution in [3.63, 3.8) is 0 Å². The third kappa shape index (κ3) is 1.69. The fourth-order valence-corrected chi connectivity index (χ4v) is 3.25. The molecule has 17 heavy (non-hydrogen) atoms. The minimum Gasteiger partial charge on any atom is -0.398 e. The molecular formula is C13H15ClN2O. The summed E-state index contributed by atoms with van der Waals surface area (Å²) in [6, 6.07) is 5.68. The zero-order valence-corrected chi connectivity index (χ0v) is 10.3. The van der Waals surface area contributed by atoms with Crippen LogP contribution in [-0.2, 0) is 0 Å². The number of benzene rings is 1. The molecular weight excluding hydrogens is 236 g/mol. The highest BCUT2D eigenvalue weighted by atomic mass is 35.5. The van der Waals surface area contributed by atoms with Crippen molar-refractivity contribution >= 4 is 23.2 Å². The van der Waals surface area contributed by atoms with Crippen LogP contribution in [0.1, 0.15) is 29.6 Å². The number of carbonyl (C=O) groups excluding carboxylic acids is 1. The van der Waals surface area contributed by atoms with Crippen LogP contribution in [-0.4, -0.2) is 23.4 Å². The maximum Gasteiger partial charge on any atom is 0.255 e. The number of piperidine rings is 1. The Morgan fingerprint density at radius 2 is 2.24 bits per heavy atom. The molecule has 1 aliphatic heterocycles. The van der Waals surface area contributed by atoms with E-state index in [1.807, 2.05) is 4.90 Å². The summed E-state index contributed by atoms with van der Waals surface area (Å²) in [5, 5.41) is 0.389. The smallest absolute Gasteiger partial charge is 0.255 e. The molecule has 1 amide bonds. The van der Waals surface area contributed by atoms with Crippen molar-refractivity contribution in [1.82, 2.24) is 4.90 Å². The number of hydrogen-bond acceptors (Lipinski definition) is 2. The lowest BCUT2D eigenvalue weighted by Gasteiger charge is -2.27. The number of nitrogen functional groups attached to an aromatic ring is 1. The lowest BCUT2D eigenvalue weighted by Crippen LogP contribution is -2.37. The van der Waals surface area contributed by atoms with Gasteiger partial charge in [-0.25, -0.2) is 0 Å². The summed E-state index contributed by atoms with van der Waals surface area (Å²) in [6.07, 6.45) is 3.56. The Kier molecular flexibility index (Phi) is 2.51. The molecule has 1 saturated carbocycles. The van der Waals surface area contributed by atoms with Crippen molar-refractivity contribution in [3.05, 3.63) is 28.8 Å². The molecule has 1 saturated heterocycles. The molecule has 3 rings (SSSR count). The van der Waals surface area contributed by atoms with Crippen LogP contribution >= 0.6 is 11.6 Å². The van der Waals surface area contributed by atoms with Crippen molar-refractivity contribution in [1.29, 1.82) is 0 Å². The highest BCUT2D eigenvalue weighted by molar-refractivity contribution is 6.36. The SMILES string of the molecule is Nc1cccc(C(=O)N2CC3CCC2C3)c1Cl. The summed E-state index contributed by atoms with van der Waals surface area (Å²) < 4.78 is 0. The maximum absolute atomic E-state index is 12.4. The van der Waals surface area contributed by atoms with Crippen LogP contribution in [0.2, 0.25) is 5.02 Å². The summed E-state index contributed by atoms with van der Waals surface area (Å²) in [6.45, 7) is 0.884. The van der Waals surface area contributed by atoms with Crippen LogP contribution in [0.3, 0.4) is 0 Å². The molecule has 1 aromatic rings. The Balaban J connectivity index is 1.89. The van der Waals surface area contributed by atoms with Crippen LogP contribution in [0.25, 0.3) is 0 Å². The Morgan fingerprint density at radius 3 is 2.88 bits per heavy atom. The first-order valence-corrected chi connectivity index (χ1v) is 6.39. The molecule has 4 heteroatoms. The van der Waals surface area contributed by atoms with Gasteiger partial charge in [0.2, 0.25) is 0 Å². The predicted octanol–water partition coefficient (Wildman–Crippen LogP) is 2.55. The van der Waals surface area contributed by atoms with E-state index in [-0.39, 0.29) is 5.91 Å². The van der Waals surface area contributed by atoms with Crippen LogP contribution in [0, 0.1) is 5.92 Å². The molecule has 90 valence electrons. The average molecular weight is 251 g/mol. The molecule has 0 spiro atoms. The van der Waals surface area contributed by atoms with Crippen molar-refractivity contribution in [2.75, 3.05) is 12.3 Å². The molecule has 3 nitrogen and oxygen atoms in total. The van der Waals surface area contributed by atoms with Gasteiger partial charge in [-0.05, 0) is 37.3 Å². The van der Waals surface area contributed by atoms with E-state index in [1.54, 1.807) is 18.2 Å². The van der Waals surface area contributed by atoms with E-state index in [4.69, 9.17) is 17.3 Å². The molecule has 1 heterocycles. The van der Waals surface area contributed by atoms with Gasteiger partial charge in [0.1, 0.15) is 0 Å². The number of likely N-dealkylation sites (tertiary alicyclic amines) is 1. The second kappa shape index (κ2) is 3.91. The summed E-state index contributed by atoms with van der Waals surface area (Å²) in [5.41, 5.74) is 6.75. The number of hydrogen-bond donors (Lipinski definition) is 1. The highest BCUT2D eigenvalue weighted by Crippen LogP contribution is 2.38. The lowest BCUT2D eigenvalue weighted by atomic mass is 10.1. The third-order valence-electron chi connectivity index (χ3n) is 3.93. The van der Waals surface area contributed by atoms with Crippen molar-refractivity contribution in [2.45, 2.75) is 25.3 Å². The van der Waals surface area contributed by atoms with E-state index in [9.17, 15) is 4.79 Å². The van der Waals surface area contributed by atoms with E-state index in [0.717, 1.165) is 19.4 Å². The second-order valence-electron chi connectivity index (χ2n) is 5.00. The Morgan fingerprint density at radius 1 is 1.41 bits per heavy atom. The number of amides is 1. The molecule has 2 atom stereocenters. The van der Waals surface area contributed by atoms with Crippen molar-refractivity contribution in [2.24, 2.45) is 5.92 Å². The van der Waals surface area contributed by atoms with Gasteiger partial charge in [0.25, 0.3) is 5.91 Å². The summed E-state index contributed by atoms with van der Waals surface area (Å²) in [7, 11) is 0. The average Bonchev–Trinajstić information content (AvgIpc) is 2.94. The number of carbonyl (C=O) groups is 1. The molecule has 1 aromatic carbocycles. The van der Waals surface area contributed by atoms with Crippen LogP contribution in [0.15, 0.2) is 18.2 Å². The first-order valence-electron chi connectivity index (χ1n) is 6.02. The minimum absolute atomic E-state index is 0.0366. The second-order valence-corrected chi connectivity index (χ2v) is 5.38. The number of rotatable bonds is 1. The Bertz CT molecular complexity index is 474. The number of nitrogens with zero attached hydrogens (tertiary/aromatic N) is 1. The zero-order valence-electron chi connectivity index (χ0n) is 9.53. The number of nitrogens with two attached hydrogens (primary N) is 1. The fraction of sp³-hybridized carbons (Fsp3) is 0.462. The monoisotopic (exact) mass is 250 g/mol. The van der Waals surface area contributed by atoms with E-state index < -0.39 is 0 Å². The van der Waals surface area contributed by atoms with Gasteiger partial charge >= 0.3 is 0 Å². The Hall–Kier alpha value is -1.22. The summed E-state index contributed by atoms with van der Waals surface area (Å²) in [4.78, 5) is 14.4. The van der Waals surface area contributed by atoms with Crippen LogP contribution in [0.5, 0.6) is 0 Å². The summed E-state index contributed by atoms with van der Waals surface area (Å²) in [5.74, 6) is 0.735. The van der Waals surface area contributed by atoms with E-state index in [0.29, 0.717) is 28.2 Å². The molecule has 2 aliphatic rings. The van der Waals surface area contributed by atoms with Gasteiger partial charge in [0.05, 0.1) is 16.3 Å². The summed E-state index contributed by atoms with van der Waals surface area (Å²) >= 11 is 6.10. The normalized spacial score (nSPS) is 26.5. The van der Waals surface area contributed by atoms with Gasteiger partial charge in [-0.15, -0.1) is 0 Å². The number of fused-ring (bicyclic) bond motifs is 2. The highest BCUT2D eigenvalue weighted by Gasteiger charge is 2.40. The van der Waals surface area contributed by atoms with Gasteiger partial charge in [-0.2, -0.15) is 0 Å². The molecule has 0 radical (unpaired) electrons. The molecule has 0 aromatic heterocycles. The van der Waals surface area contributed by atoms with E-state index in [2.05, 4.69) is 0 Å². The van der Waals surface area contributed by atoms with E-state index >= 15 is 0 Å². The molecule has 2 bridgehead atoms. The number of halogens is 1. The standard InChI is InChI=1S/C13H15ClN2O/c14-12-10(2-1-3-11(12)15)13(17)16-7-8-4-5-9(16)6-8/h1-3,8-9H,4-7,15H2. The first-order chi connectivity index (χ1) is 8.16. The molecule has 1 aliphatic carbocycles. The predicted molar refractivity (Wildman–Crippen MR) is 68.0 cm³/mol. The third-order valence-corrected chi connectivity index (χ3v) is 4.35. The van der Waals surface area contributed by atoms with Crippen LogP contribution < -0.4 is 5.73 Å². The molecule has 2 N–H and O–H groups in total. The van der Waals surface area contributed by atoms with E-state index in [1.165, 1.54) is 6.42 Å². The van der Waals surface area contributed by atoms with Crippen molar-refractivity contribution < 1.29 is 4.79 Å². The zero-order chi connectivity index (χ0) is 12.0. The quantitative estimate of drug-likeness (QED) is 0.779. The fourth-order valence-electron chi connectivity index (χ4n) is 3.04. The van der Waals surface area contributed by atoms with Crippen LogP contribution in [0.4, 0.5) is 5.69 Å². The Labute approximate surface area is 106 Å². The topological polar surface area (TPSA) is 46.3 Å². The molecule has 2 fully saturated rings. The van der Waals surface area contributed by atoms with Crippen molar-refractivity contribution in [3.8, 4) is 0 Å². The van der Waals surface area contributed by atoms with Gasteiger partial charge in [-0.1, -0.05) is 17.7 Å².